The second-order valence-electron chi connectivity index (χ2n) is 4.92. The molecule has 2 nitrogen and oxygen atoms in total. The molecule has 2 rings (SSSR count). The summed E-state index contributed by atoms with van der Waals surface area (Å²) >= 11 is 5.51. The molecule has 0 radical (unpaired) electrons. The number of benzene rings is 1. The Hall–Kier alpha value is -0.450. The summed E-state index contributed by atoms with van der Waals surface area (Å²) in [5.74, 6) is 1.04. The lowest BCUT2D eigenvalue weighted by Crippen LogP contribution is -2.34. The van der Waals surface area contributed by atoms with Gasteiger partial charge in [-0.15, -0.1) is 11.8 Å². The van der Waals surface area contributed by atoms with Gasteiger partial charge in [0, 0.05) is 21.2 Å². The topological polar surface area (TPSA) is 21.3 Å². The molecule has 4 heteroatoms. The highest BCUT2D eigenvalue weighted by molar-refractivity contribution is 9.10. The molecular formula is C16H22BrNOS. The molecule has 20 heavy (non-hydrogen) atoms. The maximum absolute atomic E-state index is 5.50. The van der Waals surface area contributed by atoms with Crippen molar-refractivity contribution < 1.29 is 4.74 Å². The van der Waals surface area contributed by atoms with Crippen LogP contribution in [0.3, 0.4) is 0 Å². The van der Waals surface area contributed by atoms with Crippen LogP contribution >= 0.6 is 27.7 Å². The van der Waals surface area contributed by atoms with E-state index in [-0.39, 0.29) is 0 Å². The van der Waals surface area contributed by atoms with Crippen LogP contribution in [0.15, 0.2) is 45.5 Å². The van der Waals surface area contributed by atoms with E-state index in [1.807, 2.05) is 18.0 Å². The summed E-state index contributed by atoms with van der Waals surface area (Å²) in [6.45, 7) is 4.12. The highest BCUT2D eigenvalue weighted by Crippen LogP contribution is 2.29. The molecule has 1 aromatic rings. The monoisotopic (exact) mass is 355 g/mol. The van der Waals surface area contributed by atoms with E-state index < -0.39 is 0 Å². The highest BCUT2D eigenvalue weighted by atomic mass is 79.9. The smallest absolute Gasteiger partial charge is 0.0876 e. The van der Waals surface area contributed by atoms with Gasteiger partial charge in [-0.3, -0.25) is 0 Å². The zero-order valence-corrected chi connectivity index (χ0v) is 14.3. The maximum Gasteiger partial charge on any atom is 0.0876 e. The van der Waals surface area contributed by atoms with Crippen LogP contribution in [0.5, 0.6) is 0 Å². The molecule has 1 N–H and O–H groups in total. The first kappa shape index (κ1) is 15.9. The fourth-order valence-electron chi connectivity index (χ4n) is 2.19. The van der Waals surface area contributed by atoms with Crippen molar-refractivity contribution in [3.63, 3.8) is 0 Å². The molecule has 110 valence electrons. The molecule has 1 aliphatic rings. The van der Waals surface area contributed by atoms with Crippen LogP contribution in [-0.2, 0) is 4.74 Å². The Kier molecular flexibility index (Phi) is 6.97. The fourth-order valence-corrected chi connectivity index (χ4v) is 3.88. The van der Waals surface area contributed by atoms with Gasteiger partial charge in [0.2, 0.25) is 0 Å². The van der Waals surface area contributed by atoms with Crippen LogP contribution in [0.1, 0.15) is 26.2 Å². The van der Waals surface area contributed by atoms with Crippen molar-refractivity contribution >= 4 is 27.7 Å². The highest BCUT2D eigenvalue weighted by Gasteiger charge is 2.17. The third-order valence-electron chi connectivity index (χ3n) is 3.29. The van der Waals surface area contributed by atoms with Gasteiger partial charge in [-0.25, -0.2) is 0 Å². The number of hydrogen-bond donors (Lipinski definition) is 1. The summed E-state index contributed by atoms with van der Waals surface area (Å²) in [5.41, 5.74) is 1.41. The van der Waals surface area contributed by atoms with Crippen LogP contribution < -0.4 is 5.32 Å². The molecule has 0 aliphatic carbocycles. The van der Waals surface area contributed by atoms with Crippen molar-refractivity contribution in [2.75, 3.05) is 18.9 Å². The lowest BCUT2D eigenvalue weighted by molar-refractivity contribution is 0.220. The van der Waals surface area contributed by atoms with Gasteiger partial charge in [0.25, 0.3) is 0 Å². The lowest BCUT2D eigenvalue weighted by Gasteiger charge is -2.24. The third kappa shape index (κ3) is 4.83. The molecule has 1 unspecified atom stereocenters. The van der Waals surface area contributed by atoms with Crippen molar-refractivity contribution in [2.45, 2.75) is 37.1 Å². The Bertz CT molecular complexity index is 450. The number of thioether (sulfide) groups is 1. The predicted octanol–water partition coefficient (Wildman–Crippen LogP) is 4.60. The largest absolute Gasteiger partial charge is 0.501 e. The summed E-state index contributed by atoms with van der Waals surface area (Å²) in [4.78, 5) is 1.30. The maximum atomic E-state index is 5.50. The Morgan fingerprint density at radius 3 is 2.95 bits per heavy atom. The van der Waals surface area contributed by atoms with Crippen LogP contribution in [0.25, 0.3) is 0 Å². The summed E-state index contributed by atoms with van der Waals surface area (Å²) in [5, 5.41) is 3.64. The van der Waals surface area contributed by atoms with Gasteiger partial charge in [0.1, 0.15) is 0 Å². The molecule has 1 heterocycles. The Balaban J connectivity index is 1.96. The molecule has 0 saturated heterocycles. The molecule has 0 saturated carbocycles. The zero-order chi connectivity index (χ0) is 14.2. The Labute approximate surface area is 134 Å². The van der Waals surface area contributed by atoms with E-state index in [1.54, 1.807) is 0 Å². The van der Waals surface area contributed by atoms with Crippen LogP contribution in [0.2, 0.25) is 0 Å². The predicted molar refractivity (Wildman–Crippen MR) is 90.2 cm³/mol. The molecule has 0 spiro atoms. The molecular weight excluding hydrogens is 334 g/mol. The molecule has 0 amide bonds. The van der Waals surface area contributed by atoms with E-state index in [2.05, 4.69) is 52.4 Å². The first-order chi connectivity index (χ1) is 9.81. The normalized spacial score (nSPS) is 16.4. The standard InChI is InChI=1S/C16H22BrNOS/c1-2-9-18-15(13-6-5-10-19-11-13)12-20-16-8-4-3-7-14(16)17/h3-4,7-8,11,15,18H,2,5-6,9-10,12H2,1H3. The summed E-state index contributed by atoms with van der Waals surface area (Å²) in [6.07, 6.45) is 5.41. The minimum Gasteiger partial charge on any atom is -0.501 e. The summed E-state index contributed by atoms with van der Waals surface area (Å²) < 4.78 is 6.67. The lowest BCUT2D eigenvalue weighted by atomic mass is 10.0. The van der Waals surface area contributed by atoms with Gasteiger partial charge in [0.15, 0.2) is 0 Å². The third-order valence-corrected chi connectivity index (χ3v) is 5.41. The quantitative estimate of drug-likeness (QED) is 0.722. The van der Waals surface area contributed by atoms with Crippen molar-refractivity contribution in [1.29, 1.82) is 0 Å². The molecule has 1 aromatic carbocycles. The van der Waals surface area contributed by atoms with Gasteiger partial charge in [-0.2, -0.15) is 0 Å². The van der Waals surface area contributed by atoms with E-state index in [1.165, 1.54) is 14.9 Å². The fraction of sp³-hybridized carbons (Fsp3) is 0.500. The van der Waals surface area contributed by atoms with E-state index >= 15 is 0 Å². The Morgan fingerprint density at radius 1 is 1.40 bits per heavy atom. The van der Waals surface area contributed by atoms with Gasteiger partial charge < -0.3 is 10.1 Å². The number of hydrogen-bond acceptors (Lipinski definition) is 3. The van der Waals surface area contributed by atoms with Gasteiger partial charge in [-0.1, -0.05) is 19.1 Å². The second-order valence-corrected chi connectivity index (χ2v) is 6.83. The first-order valence-electron chi connectivity index (χ1n) is 7.22. The molecule has 0 fully saturated rings. The number of rotatable bonds is 7. The van der Waals surface area contributed by atoms with Crippen molar-refractivity contribution in [2.24, 2.45) is 0 Å². The molecule has 0 aromatic heterocycles. The van der Waals surface area contributed by atoms with E-state index in [0.29, 0.717) is 6.04 Å². The summed E-state index contributed by atoms with van der Waals surface area (Å²) in [6, 6.07) is 8.81. The van der Waals surface area contributed by atoms with Gasteiger partial charge >= 0.3 is 0 Å². The number of nitrogens with one attached hydrogen (secondary N) is 1. The van der Waals surface area contributed by atoms with E-state index in [0.717, 1.165) is 38.2 Å². The number of halogens is 1. The number of ether oxygens (including phenoxy) is 1. The zero-order valence-electron chi connectivity index (χ0n) is 11.9. The second kappa shape index (κ2) is 8.75. The van der Waals surface area contributed by atoms with E-state index in [9.17, 15) is 0 Å². The average molecular weight is 356 g/mol. The van der Waals surface area contributed by atoms with Crippen molar-refractivity contribution in [1.82, 2.24) is 5.32 Å². The Morgan fingerprint density at radius 2 is 2.25 bits per heavy atom. The summed E-state index contributed by atoms with van der Waals surface area (Å²) in [7, 11) is 0. The average Bonchev–Trinajstić information content (AvgIpc) is 2.50. The minimum atomic E-state index is 0.410. The van der Waals surface area contributed by atoms with E-state index in [4.69, 9.17) is 4.74 Å². The van der Waals surface area contributed by atoms with Gasteiger partial charge in [-0.05, 0) is 59.4 Å². The SMILES string of the molecule is CCCNC(CSc1ccccc1Br)C1=COCCC1. The van der Waals surface area contributed by atoms with Crippen LogP contribution in [-0.4, -0.2) is 24.9 Å². The van der Waals surface area contributed by atoms with Crippen molar-refractivity contribution in [3.8, 4) is 0 Å². The van der Waals surface area contributed by atoms with Crippen LogP contribution in [0, 0.1) is 0 Å². The molecule has 1 aliphatic heterocycles. The molecule has 0 bridgehead atoms. The van der Waals surface area contributed by atoms with Crippen molar-refractivity contribution in [3.05, 3.63) is 40.6 Å². The first-order valence-corrected chi connectivity index (χ1v) is 9.00. The minimum absolute atomic E-state index is 0.410. The van der Waals surface area contributed by atoms with Gasteiger partial charge in [0.05, 0.1) is 12.9 Å². The molecule has 1 atom stereocenters. The van der Waals surface area contributed by atoms with Crippen LogP contribution in [0.4, 0.5) is 0 Å².